The molecule has 5 heteroatoms. The normalized spacial score (nSPS) is 10.9. The average molecular weight is 271 g/mol. The number of amides is 1. The van der Waals surface area contributed by atoms with Crippen molar-refractivity contribution in [2.45, 2.75) is 65.4 Å². The smallest absolute Gasteiger partial charge is 0.313 e. The maximum atomic E-state index is 11.5. The highest BCUT2D eigenvalue weighted by molar-refractivity contribution is 5.95. The van der Waals surface area contributed by atoms with Crippen molar-refractivity contribution in [3.63, 3.8) is 0 Å². The maximum Gasteiger partial charge on any atom is 0.313 e. The van der Waals surface area contributed by atoms with Gasteiger partial charge in [0.15, 0.2) is 0 Å². The second-order valence-corrected chi connectivity index (χ2v) is 5.60. The van der Waals surface area contributed by atoms with Gasteiger partial charge in [0.25, 0.3) is 0 Å². The standard InChI is InChI=1S/C14H25NO4/c1-11(16)15-9-7-5-6-8-12(17)10-13(18)19-14(2,3)4/h5-10H2,1-4H3,(H,15,16). The minimum Gasteiger partial charge on any atom is -0.460 e. The lowest BCUT2D eigenvalue weighted by atomic mass is 10.1. The molecular formula is C14H25NO4. The van der Waals surface area contributed by atoms with E-state index < -0.39 is 11.6 Å². The molecule has 0 spiro atoms. The first-order valence-corrected chi connectivity index (χ1v) is 6.68. The molecular weight excluding hydrogens is 246 g/mol. The lowest BCUT2D eigenvalue weighted by molar-refractivity contribution is -0.156. The van der Waals surface area contributed by atoms with Crippen LogP contribution in [0.3, 0.4) is 0 Å². The highest BCUT2D eigenvalue weighted by Gasteiger charge is 2.18. The van der Waals surface area contributed by atoms with Crippen molar-refractivity contribution < 1.29 is 19.1 Å². The third kappa shape index (κ3) is 12.9. The van der Waals surface area contributed by atoms with Crippen molar-refractivity contribution in [1.29, 1.82) is 0 Å². The lowest BCUT2D eigenvalue weighted by Crippen LogP contribution is -2.25. The van der Waals surface area contributed by atoms with Gasteiger partial charge >= 0.3 is 5.97 Å². The molecule has 0 aliphatic rings. The lowest BCUT2D eigenvalue weighted by Gasteiger charge is -2.19. The number of esters is 1. The Kier molecular flexibility index (Phi) is 8.03. The zero-order valence-corrected chi connectivity index (χ0v) is 12.4. The molecule has 0 aromatic heterocycles. The molecule has 19 heavy (non-hydrogen) atoms. The van der Waals surface area contributed by atoms with Gasteiger partial charge in [0.2, 0.25) is 5.91 Å². The summed E-state index contributed by atoms with van der Waals surface area (Å²) in [7, 11) is 0. The molecule has 0 saturated carbocycles. The third-order valence-corrected chi connectivity index (χ3v) is 2.27. The van der Waals surface area contributed by atoms with Crippen LogP contribution in [0.5, 0.6) is 0 Å². The summed E-state index contributed by atoms with van der Waals surface area (Å²) in [5.41, 5.74) is -0.546. The number of hydrogen-bond donors (Lipinski definition) is 1. The fraction of sp³-hybridized carbons (Fsp3) is 0.786. The average Bonchev–Trinajstić information content (AvgIpc) is 2.19. The van der Waals surface area contributed by atoms with Crippen molar-refractivity contribution in [2.24, 2.45) is 0 Å². The van der Waals surface area contributed by atoms with Crippen molar-refractivity contribution in [3.8, 4) is 0 Å². The number of rotatable bonds is 8. The van der Waals surface area contributed by atoms with E-state index in [1.54, 1.807) is 20.8 Å². The molecule has 0 aliphatic carbocycles. The Morgan fingerprint density at radius 3 is 2.21 bits per heavy atom. The van der Waals surface area contributed by atoms with E-state index in [-0.39, 0.29) is 18.1 Å². The number of unbranched alkanes of at least 4 members (excludes halogenated alkanes) is 2. The van der Waals surface area contributed by atoms with Crippen molar-refractivity contribution >= 4 is 17.7 Å². The molecule has 0 heterocycles. The summed E-state index contributed by atoms with van der Waals surface area (Å²) < 4.78 is 5.07. The Morgan fingerprint density at radius 2 is 1.68 bits per heavy atom. The predicted octanol–water partition coefficient (Wildman–Crippen LogP) is 1.98. The molecule has 0 unspecified atom stereocenters. The third-order valence-electron chi connectivity index (χ3n) is 2.27. The van der Waals surface area contributed by atoms with Crippen molar-refractivity contribution in [2.75, 3.05) is 6.54 Å². The summed E-state index contributed by atoms with van der Waals surface area (Å²) in [4.78, 5) is 33.5. The maximum absolute atomic E-state index is 11.5. The fourth-order valence-electron chi connectivity index (χ4n) is 1.52. The number of carbonyl (C=O) groups excluding carboxylic acids is 3. The first-order chi connectivity index (χ1) is 8.70. The SMILES string of the molecule is CC(=O)NCCCCCC(=O)CC(=O)OC(C)(C)C. The molecule has 110 valence electrons. The van der Waals surface area contributed by atoms with Gasteiger partial charge in [0.05, 0.1) is 0 Å². The molecule has 0 atom stereocenters. The number of ether oxygens (including phenoxy) is 1. The van der Waals surface area contributed by atoms with Crippen LogP contribution in [0.15, 0.2) is 0 Å². The van der Waals surface area contributed by atoms with E-state index in [1.165, 1.54) is 6.92 Å². The summed E-state index contributed by atoms with van der Waals surface area (Å²) in [6, 6.07) is 0. The van der Waals surface area contributed by atoms with Crippen molar-refractivity contribution in [1.82, 2.24) is 5.32 Å². The highest BCUT2D eigenvalue weighted by Crippen LogP contribution is 2.09. The molecule has 0 aromatic rings. The Balaban J connectivity index is 3.60. The van der Waals surface area contributed by atoms with Crippen LogP contribution >= 0.6 is 0 Å². The number of nitrogens with one attached hydrogen (secondary N) is 1. The van der Waals surface area contributed by atoms with Crippen LogP contribution in [0.4, 0.5) is 0 Å². The van der Waals surface area contributed by atoms with E-state index in [0.717, 1.165) is 19.3 Å². The number of hydrogen-bond acceptors (Lipinski definition) is 4. The number of carbonyl (C=O) groups is 3. The largest absolute Gasteiger partial charge is 0.460 e. The topological polar surface area (TPSA) is 72.5 Å². The summed E-state index contributed by atoms with van der Waals surface area (Å²) in [6.07, 6.45) is 2.68. The number of ketones is 1. The Labute approximate surface area is 115 Å². The van der Waals surface area contributed by atoms with Gasteiger partial charge < -0.3 is 10.1 Å². The van der Waals surface area contributed by atoms with E-state index >= 15 is 0 Å². The van der Waals surface area contributed by atoms with E-state index in [1.807, 2.05) is 0 Å². The van der Waals surface area contributed by atoms with Crippen LogP contribution in [-0.2, 0) is 19.1 Å². The minimum atomic E-state index is -0.546. The monoisotopic (exact) mass is 271 g/mol. The summed E-state index contributed by atoms with van der Waals surface area (Å²) in [6.45, 7) is 7.44. The van der Waals surface area contributed by atoms with E-state index in [9.17, 15) is 14.4 Å². The van der Waals surface area contributed by atoms with Crippen LogP contribution in [0.25, 0.3) is 0 Å². The highest BCUT2D eigenvalue weighted by atomic mass is 16.6. The van der Waals surface area contributed by atoms with Gasteiger partial charge in [0.1, 0.15) is 17.8 Å². The first-order valence-electron chi connectivity index (χ1n) is 6.68. The van der Waals surface area contributed by atoms with E-state index in [0.29, 0.717) is 13.0 Å². The molecule has 1 amide bonds. The molecule has 0 saturated heterocycles. The minimum absolute atomic E-state index is 0.0407. The van der Waals surface area contributed by atoms with Crippen molar-refractivity contribution in [3.05, 3.63) is 0 Å². The van der Waals surface area contributed by atoms with Crippen LogP contribution in [0, 0.1) is 0 Å². The number of Topliss-reactive ketones (excluding diaryl/α,β-unsaturated/α-hetero) is 1. The van der Waals surface area contributed by atoms with Gasteiger partial charge in [-0.25, -0.2) is 0 Å². The van der Waals surface area contributed by atoms with Crippen LogP contribution < -0.4 is 5.32 Å². The van der Waals surface area contributed by atoms with Gasteiger partial charge in [0, 0.05) is 19.9 Å². The van der Waals surface area contributed by atoms with Gasteiger partial charge in [-0.1, -0.05) is 6.42 Å². The summed E-state index contributed by atoms with van der Waals surface area (Å²) >= 11 is 0. The summed E-state index contributed by atoms with van der Waals surface area (Å²) in [5, 5.41) is 2.69. The van der Waals surface area contributed by atoms with Gasteiger partial charge in [-0.3, -0.25) is 14.4 Å². The van der Waals surface area contributed by atoms with Crippen LogP contribution in [0.1, 0.15) is 59.8 Å². The van der Waals surface area contributed by atoms with E-state index in [4.69, 9.17) is 4.74 Å². The molecule has 5 nitrogen and oxygen atoms in total. The Morgan fingerprint density at radius 1 is 1.05 bits per heavy atom. The molecule has 0 aromatic carbocycles. The molecule has 0 rings (SSSR count). The molecule has 1 N–H and O–H groups in total. The zero-order chi connectivity index (χ0) is 14.9. The Hall–Kier alpha value is -1.39. The first kappa shape index (κ1) is 17.6. The molecule has 0 radical (unpaired) electrons. The quantitative estimate of drug-likeness (QED) is 0.416. The fourth-order valence-corrected chi connectivity index (χ4v) is 1.52. The van der Waals surface area contributed by atoms with Crippen LogP contribution in [0.2, 0.25) is 0 Å². The predicted molar refractivity (Wildman–Crippen MR) is 72.6 cm³/mol. The van der Waals surface area contributed by atoms with Crippen LogP contribution in [-0.4, -0.2) is 29.8 Å². The second-order valence-electron chi connectivity index (χ2n) is 5.60. The van der Waals surface area contributed by atoms with Gasteiger partial charge in [-0.2, -0.15) is 0 Å². The van der Waals surface area contributed by atoms with Gasteiger partial charge in [-0.15, -0.1) is 0 Å². The van der Waals surface area contributed by atoms with Gasteiger partial charge in [-0.05, 0) is 33.6 Å². The second kappa shape index (κ2) is 8.67. The Bertz CT molecular complexity index is 318. The zero-order valence-electron chi connectivity index (χ0n) is 12.4. The molecule has 0 aliphatic heterocycles. The summed E-state index contributed by atoms with van der Waals surface area (Å²) in [5.74, 6) is -0.592. The molecule has 0 fully saturated rings. The molecule has 0 bridgehead atoms. The van der Waals surface area contributed by atoms with E-state index in [2.05, 4.69) is 5.32 Å².